The van der Waals surface area contributed by atoms with E-state index in [0.29, 0.717) is 18.9 Å². The Morgan fingerprint density at radius 3 is 2.45 bits per heavy atom. The molecule has 2 rings (SSSR count). The molecule has 0 atom stereocenters. The largest absolute Gasteiger partial charge is 0.416 e. The summed E-state index contributed by atoms with van der Waals surface area (Å²) < 4.78 is 63.9. The zero-order valence-corrected chi connectivity index (χ0v) is 11.4. The first-order valence-electron chi connectivity index (χ1n) is 6.08. The van der Waals surface area contributed by atoms with E-state index in [9.17, 15) is 21.6 Å². The van der Waals surface area contributed by atoms with Gasteiger partial charge in [-0.1, -0.05) is 6.07 Å². The molecule has 8 heteroatoms. The second-order valence-corrected chi connectivity index (χ2v) is 6.83. The Hall–Kier alpha value is -1.12. The summed E-state index contributed by atoms with van der Waals surface area (Å²) in [6.07, 6.45) is -2.23. The van der Waals surface area contributed by atoms with Gasteiger partial charge in [0.2, 0.25) is 10.0 Å². The van der Waals surface area contributed by atoms with E-state index in [4.69, 9.17) is 5.73 Å². The Kier molecular flexibility index (Phi) is 3.83. The first-order chi connectivity index (χ1) is 9.12. The maximum absolute atomic E-state index is 12.6. The van der Waals surface area contributed by atoms with Crippen LogP contribution >= 0.6 is 0 Å². The van der Waals surface area contributed by atoms with E-state index in [-0.39, 0.29) is 6.54 Å². The van der Waals surface area contributed by atoms with Crippen LogP contribution < -0.4 is 10.5 Å². The standard InChI is InChI=1S/C12H15F3N2O2S/c13-12(14,15)9-3-1-4-10(7-9)20(18,19)17-8-11(16)5-2-6-11/h1,3-4,7,17H,2,5-6,8,16H2. The number of nitrogens with one attached hydrogen (secondary N) is 1. The number of alkyl halides is 3. The molecule has 1 fully saturated rings. The van der Waals surface area contributed by atoms with Crippen LogP contribution in [0.4, 0.5) is 13.2 Å². The molecule has 0 radical (unpaired) electrons. The van der Waals surface area contributed by atoms with E-state index in [1.165, 1.54) is 0 Å². The molecule has 1 saturated carbocycles. The van der Waals surface area contributed by atoms with Crippen molar-refractivity contribution in [1.82, 2.24) is 4.72 Å². The minimum atomic E-state index is -4.57. The molecule has 112 valence electrons. The van der Waals surface area contributed by atoms with Crippen molar-refractivity contribution in [3.8, 4) is 0 Å². The highest BCUT2D eigenvalue weighted by atomic mass is 32.2. The molecule has 1 aromatic carbocycles. The molecule has 0 aliphatic heterocycles. The average molecular weight is 308 g/mol. The lowest BCUT2D eigenvalue weighted by molar-refractivity contribution is -0.137. The molecule has 3 N–H and O–H groups in total. The Balaban J connectivity index is 2.17. The van der Waals surface area contributed by atoms with Crippen molar-refractivity contribution in [3.05, 3.63) is 29.8 Å². The fourth-order valence-corrected chi connectivity index (χ4v) is 3.15. The normalized spacial score (nSPS) is 18.6. The molecule has 20 heavy (non-hydrogen) atoms. The first kappa shape index (κ1) is 15.3. The van der Waals surface area contributed by atoms with Gasteiger partial charge in [-0.3, -0.25) is 0 Å². The van der Waals surface area contributed by atoms with Gasteiger partial charge < -0.3 is 5.73 Å². The van der Waals surface area contributed by atoms with Gasteiger partial charge in [0.05, 0.1) is 10.5 Å². The monoisotopic (exact) mass is 308 g/mol. The second-order valence-electron chi connectivity index (χ2n) is 5.07. The molecule has 0 aromatic heterocycles. The third-order valence-corrected chi connectivity index (χ3v) is 4.83. The predicted octanol–water partition coefficient (Wildman–Crippen LogP) is 1.87. The van der Waals surface area contributed by atoms with Gasteiger partial charge in [0, 0.05) is 12.1 Å². The number of sulfonamides is 1. The molecular weight excluding hydrogens is 293 g/mol. The highest BCUT2D eigenvalue weighted by Crippen LogP contribution is 2.31. The fourth-order valence-electron chi connectivity index (χ4n) is 1.97. The van der Waals surface area contributed by atoms with E-state index < -0.39 is 32.2 Å². The summed E-state index contributed by atoms with van der Waals surface area (Å²) in [7, 11) is -3.98. The number of halogens is 3. The van der Waals surface area contributed by atoms with E-state index in [1.54, 1.807) is 0 Å². The summed E-state index contributed by atoms with van der Waals surface area (Å²) in [6.45, 7) is 0.0333. The van der Waals surface area contributed by atoms with Gasteiger partial charge in [0.15, 0.2) is 0 Å². The van der Waals surface area contributed by atoms with Crippen LogP contribution in [0.3, 0.4) is 0 Å². The lowest BCUT2D eigenvalue weighted by atomic mass is 9.78. The number of nitrogens with two attached hydrogens (primary N) is 1. The number of hydrogen-bond acceptors (Lipinski definition) is 3. The summed E-state index contributed by atoms with van der Waals surface area (Å²) in [5.41, 5.74) is 4.31. The van der Waals surface area contributed by atoms with E-state index in [0.717, 1.165) is 24.6 Å². The predicted molar refractivity (Wildman–Crippen MR) is 67.4 cm³/mol. The zero-order valence-electron chi connectivity index (χ0n) is 10.6. The summed E-state index contributed by atoms with van der Waals surface area (Å²) in [4.78, 5) is -0.407. The molecule has 0 saturated heterocycles. The summed E-state index contributed by atoms with van der Waals surface area (Å²) in [5.74, 6) is 0. The van der Waals surface area contributed by atoms with Crippen LogP contribution in [0.15, 0.2) is 29.2 Å². The van der Waals surface area contributed by atoms with Crippen molar-refractivity contribution in [1.29, 1.82) is 0 Å². The molecule has 0 unspecified atom stereocenters. The van der Waals surface area contributed by atoms with Gasteiger partial charge in [-0.15, -0.1) is 0 Å². The van der Waals surface area contributed by atoms with Crippen molar-refractivity contribution in [2.24, 2.45) is 5.73 Å². The maximum atomic E-state index is 12.6. The van der Waals surface area contributed by atoms with Crippen LogP contribution in [0.1, 0.15) is 24.8 Å². The Morgan fingerprint density at radius 1 is 1.30 bits per heavy atom. The van der Waals surface area contributed by atoms with Crippen LogP contribution in [0, 0.1) is 0 Å². The highest BCUT2D eigenvalue weighted by Gasteiger charge is 2.35. The van der Waals surface area contributed by atoms with Gasteiger partial charge in [0.25, 0.3) is 0 Å². The van der Waals surface area contributed by atoms with Gasteiger partial charge in [-0.25, -0.2) is 13.1 Å². The summed E-state index contributed by atoms with van der Waals surface area (Å²) in [6, 6.07) is 3.64. The number of benzene rings is 1. The van der Waals surface area contributed by atoms with Gasteiger partial charge >= 0.3 is 6.18 Å². The molecule has 0 spiro atoms. The van der Waals surface area contributed by atoms with Crippen LogP contribution in [-0.2, 0) is 16.2 Å². The van der Waals surface area contributed by atoms with Crippen molar-refractivity contribution < 1.29 is 21.6 Å². The van der Waals surface area contributed by atoms with Crippen LogP contribution in [-0.4, -0.2) is 20.5 Å². The minimum Gasteiger partial charge on any atom is -0.324 e. The molecule has 0 amide bonds. The zero-order chi connectivity index (χ0) is 15.0. The number of hydrogen-bond donors (Lipinski definition) is 2. The quantitative estimate of drug-likeness (QED) is 0.892. The van der Waals surface area contributed by atoms with E-state index in [1.807, 2.05) is 0 Å². The highest BCUT2D eigenvalue weighted by molar-refractivity contribution is 7.89. The topological polar surface area (TPSA) is 72.2 Å². The van der Waals surface area contributed by atoms with Crippen molar-refractivity contribution in [2.75, 3.05) is 6.54 Å². The van der Waals surface area contributed by atoms with Crippen molar-refractivity contribution in [2.45, 2.75) is 35.9 Å². The Labute approximate surface area is 115 Å². The molecule has 1 aliphatic rings. The van der Waals surface area contributed by atoms with Crippen LogP contribution in [0.25, 0.3) is 0 Å². The van der Waals surface area contributed by atoms with Crippen molar-refractivity contribution >= 4 is 10.0 Å². The second kappa shape index (κ2) is 5.01. The lowest BCUT2D eigenvalue weighted by Gasteiger charge is -2.38. The molecular formula is C12H15F3N2O2S. The molecule has 1 aromatic rings. The Bertz CT molecular complexity index is 595. The maximum Gasteiger partial charge on any atom is 0.416 e. The number of rotatable bonds is 4. The lowest BCUT2D eigenvalue weighted by Crippen LogP contribution is -2.54. The van der Waals surface area contributed by atoms with Crippen LogP contribution in [0.5, 0.6) is 0 Å². The fraction of sp³-hybridized carbons (Fsp3) is 0.500. The smallest absolute Gasteiger partial charge is 0.324 e. The minimum absolute atomic E-state index is 0.0333. The molecule has 1 aliphatic carbocycles. The molecule has 0 bridgehead atoms. The van der Waals surface area contributed by atoms with Gasteiger partial charge in [-0.2, -0.15) is 13.2 Å². The van der Waals surface area contributed by atoms with E-state index in [2.05, 4.69) is 4.72 Å². The van der Waals surface area contributed by atoms with Gasteiger partial charge in [0.1, 0.15) is 0 Å². The van der Waals surface area contributed by atoms with Crippen molar-refractivity contribution in [3.63, 3.8) is 0 Å². The average Bonchev–Trinajstić information content (AvgIpc) is 2.33. The SMILES string of the molecule is NC1(CNS(=O)(=O)c2cccc(C(F)(F)F)c2)CCC1. The third-order valence-electron chi connectivity index (χ3n) is 3.44. The molecule has 4 nitrogen and oxygen atoms in total. The summed E-state index contributed by atoms with van der Waals surface area (Å²) in [5, 5.41) is 0. The summed E-state index contributed by atoms with van der Waals surface area (Å²) >= 11 is 0. The Morgan fingerprint density at radius 2 is 1.95 bits per heavy atom. The third kappa shape index (κ3) is 3.31. The first-order valence-corrected chi connectivity index (χ1v) is 7.57. The van der Waals surface area contributed by atoms with Crippen LogP contribution in [0.2, 0.25) is 0 Å². The van der Waals surface area contributed by atoms with E-state index >= 15 is 0 Å². The van der Waals surface area contributed by atoms with Gasteiger partial charge in [-0.05, 0) is 37.5 Å². The molecule has 0 heterocycles.